The standard InChI is InChI=1S/C15H18BrNS2/c1-10(12-4-6-13(18-3)7-5-12)17-11(2)15-14(16)8-9-19-15/h4-11,17H,1-3H3. The SMILES string of the molecule is CSc1ccc(C(C)NC(C)c2sccc2Br)cc1. The molecule has 1 heterocycles. The third-order valence-corrected chi connectivity index (χ3v) is 5.95. The molecule has 0 radical (unpaired) electrons. The Hall–Kier alpha value is -0.290. The summed E-state index contributed by atoms with van der Waals surface area (Å²) in [5.41, 5.74) is 1.33. The van der Waals surface area contributed by atoms with E-state index in [0.717, 1.165) is 0 Å². The summed E-state index contributed by atoms with van der Waals surface area (Å²) in [5.74, 6) is 0. The van der Waals surface area contributed by atoms with Gasteiger partial charge in [-0.25, -0.2) is 0 Å². The van der Waals surface area contributed by atoms with Gasteiger partial charge in [0.1, 0.15) is 0 Å². The van der Waals surface area contributed by atoms with Gasteiger partial charge in [-0.2, -0.15) is 0 Å². The number of thiophene rings is 1. The van der Waals surface area contributed by atoms with Crippen LogP contribution in [0.2, 0.25) is 0 Å². The largest absolute Gasteiger partial charge is 0.303 e. The molecule has 0 saturated carbocycles. The van der Waals surface area contributed by atoms with E-state index in [1.165, 1.54) is 19.8 Å². The summed E-state index contributed by atoms with van der Waals surface area (Å²) in [6.07, 6.45) is 2.10. The zero-order chi connectivity index (χ0) is 13.8. The second-order valence-electron chi connectivity index (χ2n) is 4.52. The summed E-state index contributed by atoms with van der Waals surface area (Å²) in [7, 11) is 0. The molecule has 0 saturated heterocycles. The molecule has 1 nitrogen and oxygen atoms in total. The van der Waals surface area contributed by atoms with Gasteiger partial charge in [-0.3, -0.25) is 0 Å². The van der Waals surface area contributed by atoms with Gasteiger partial charge in [0.2, 0.25) is 0 Å². The Morgan fingerprint density at radius 3 is 2.32 bits per heavy atom. The maximum absolute atomic E-state index is 3.65. The van der Waals surface area contributed by atoms with E-state index in [-0.39, 0.29) is 0 Å². The smallest absolute Gasteiger partial charge is 0.0402 e. The quantitative estimate of drug-likeness (QED) is 0.696. The molecule has 0 aliphatic rings. The molecular formula is C15H18BrNS2. The summed E-state index contributed by atoms with van der Waals surface area (Å²) < 4.78 is 1.20. The molecule has 19 heavy (non-hydrogen) atoms. The maximum atomic E-state index is 3.65. The topological polar surface area (TPSA) is 12.0 Å². The van der Waals surface area contributed by atoms with Crippen molar-refractivity contribution in [2.24, 2.45) is 0 Å². The van der Waals surface area contributed by atoms with E-state index in [1.54, 1.807) is 23.1 Å². The molecule has 2 unspecified atom stereocenters. The Balaban J connectivity index is 2.04. The summed E-state index contributed by atoms with van der Waals surface area (Å²) >= 11 is 7.17. The fraction of sp³-hybridized carbons (Fsp3) is 0.333. The van der Waals surface area contributed by atoms with Gasteiger partial charge in [-0.15, -0.1) is 23.1 Å². The van der Waals surface area contributed by atoms with E-state index >= 15 is 0 Å². The van der Waals surface area contributed by atoms with Gasteiger partial charge in [0.15, 0.2) is 0 Å². The Labute approximate surface area is 131 Å². The van der Waals surface area contributed by atoms with Crippen molar-refractivity contribution < 1.29 is 0 Å². The van der Waals surface area contributed by atoms with Gasteiger partial charge in [-0.05, 0) is 65.2 Å². The lowest BCUT2D eigenvalue weighted by Gasteiger charge is -2.20. The molecular weight excluding hydrogens is 338 g/mol. The molecule has 1 N–H and O–H groups in total. The molecule has 102 valence electrons. The van der Waals surface area contributed by atoms with Crippen molar-refractivity contribution in [3.63, 3.8) is 0 Å². The van der Waals surface area contributed by atoms with Crippen LogP contribution in [0.25, 0.3) is 0 Å². The minimum Gasteiger partial charge on any atom is -0.303 e. The highest BCUT2D eigenvalue weighted by Gasteiger charge is 2.14. The second kappa shape index (κ2) is 6.93. The van der Waals surface area contributed by atoms with Crippen LogP contribution in [0.5, 0.6) is 0 Å². The van der Waals surface area contributed by atoms with Crippen LogP contribution in [0, 0.1) is 0 Å². The van der Waals surface area contributed by atoms with E-state index < -0.39 is 0 Å². The molecule has 2 atom stereocenters. The van der Waals surface area contributed by atoms with Gasteiger partial charge < -0.3 is 5.32 Å². The molecule has 0 aliphatic carbocycles. The zero-order valence-electron chi connectivity index (χ0n) is 11.3. The van der Waals surface area contributed by atoms with E-state index in [2.05, 4.69) is 77.1 Å². The van der Waals surface area contributed by atoms with Crippen molar-refractivity contribution in [1.29, 1.82) is 0 Å². The Bertz CT molecular complexity index is 521. The minimum atomic E-state index is 0.347. The highest BCUT2D eigenvalue weighted by molar-refractivity contribution is 9.10. The molecule has 2 rings (SSSR count). The van der Waals surface area contributed by atoms with Crippen LogP contribution in [0.3, 0.4) is 0 Å². The molecule has 1 aromatic carbocycles. The number of rotatable bonds is 5. The van der Waals surface area contributed by atoms with Crippen molar-refractivity contribution in [2.75, 3.05) is 6.26 Å². The molecule has 4 heteroatoms. The van der Waals surface area contributed by atoms with Crippen molar-refractivity contribution in [2.45, 2.75) is 30.8 Å². The van der Waals surface area contributed by atoms with E-state index in [9.17, 15) is 0 Å². The normalized spacial score (nSPS) is 14.3. The number of thioether (sulfide) groups is 1. The minimum absolute atomic E-state index is 0.347. The molecule has 0 amide bonds. The first-order valence-electron chi connectivity index (χ1n) is 6.24. The van der Waals surface area contributed by atoms with Gasteiger partial charge >= 0.3 is 0 Å². The first-order valence-corrected chi connectivity index (χ1v) is 9.14. The van der Waals surface area contributed by atoms with Crippen LogP contribution in [0.15, 0.2) is 45.1 Å². The van der Waals surface area contributed by atoms with Crippen LogP contribution in [0.1, 0.15) is 36.4 Å². The first-order chi connectivity index (χ1) is 9.11. The van der Waals surface area contributed by atoms with E-state index in [1.807, 2.05) is 0 Å². The van der Waals surface area contributed by atoms with Crippen LogP contribution < -0.4 is 5.32 Å². The number of nitrogens with one attached hydrogen (secondary N) is 1. The predicted octanol–water partition coefficient (Wildman–Crippen LogP) is 5.64. The lowest BCUT2D eigenvalue weighted by atomic mass is 10.1. The van der Waals surface area contributed by atoms with Crippen LogP contribution in [-0.2, 0) is 0 Å². The third-order valence-electron chi connectivity index (χ3n) is 3.15. The highest BCUT2D eigenvalue weighted by atomic mass is 79.9. The van der Waals surface area contributed by atoms with Crippen molar-refractivity contribution >= 4 is 39.0 Å². The molecule has 0 aliphatic heterocycles. The maximum Gasteiger partial charge on any atom is 0.0402 e. The molecule has 0 fully saturated rings. The fourth-order valence-electron chi connectivity index (χ4n) is 2.05. The van der Waals surface area contributed by atoms with Gasteiger partial charge in [-0.1, -0.05) is 12.1 Å². The van der Waals surface area contributed by atoms with Gasteiger partial charge in [0.25, 0.3) is 0 Å². The number of hydrogen-bond acceptors (Lipinski definition) is 3. The first kappa shape index (κ1) is 15.1. The number of halogens is 1. The number of benzene rings is 1. The van der Waals surface area contributed by atoms with E-state index in [4.69, 9.17) is 0 Å². The van der Waals surface area contributed by atoms with E-state index in [0.29, 0.717) is 12.1 Å². The lowest BCUT2D eigenvalue weighted by Crippen LogP contribution is -2.22. The Morgan fingerprint density at radius 2 is 1.79 bits per heavy atom. The predicted molar refractivity (Wildman–Crippen MR) is 90.2 cm³/mol. The van der Waals surface area contributed by atoms with Crippen LogP contribution in [0.4, 0.5) is 0 Å². The summed E-state index contributed by atoms with van der Waals surface area (Å²) in [5, 5.41) is 5.77. The average molecular weight is 356 g/mol. The van der Waals surface area contributed by atoms with Crippen molar-refractivity contribution in [3.05, 3.63) is 50.6 Å². The zero-order valence-corrected chi connectivity index (χ0v) is 14.5. The monoisotopic (exact) mass is 355 g/mol. The summed E-state index contributed by atoms with van der Waals surface area (Å²) in [6.45, 7) is 4.43. The van der Waals surface area contributed by atoms with Crippen molar-refractivity contribution in [1.82, 2.24) is 5.32 Å². The highest BCUT2D eigenvalue weighted by Crippen LogP contribution is 2.30. The summed E-state index contributed by atoms with van der Waals surface area (Å²) in [4.78, 5) is 2.66. The second-order valence-corrected chi connectivity index (χ2v) is 7.20. The molecule has 1 aromatic heterocycles. The Morgan fingerprint density at radius 1 is 1.11 bits per heavy atom. The number of hydrogen-bond donors (Lipinski definition) is 1. The van der Waals surface area contributed by atoms with Crippen LogP contribution >= 0.6 is 39.0 Å². The van der Waals surface area contributed by atoms with Crippen molar-refractivity contribution in [3.8, 4) is 0 Å². The fourth-order valence-corrected chi connectivity index (χ4v) is 4.20. The molecule has 0 bridgehead atoms. The molecule has 0 spiro atoms. The summed E-state index contributed by atoms with van der Waals surface area (Å²) in [6, 6.07) is 11.6. The van der Waals surface area contributed by atoms with Gasteiger partial charge in [0, 0.05) is 26.3 Å². The molecule has 2 aromatic rings. The lowest BCUT2D eigenvalue weighted by molar-refractivity contribution is 0.499. The third kappa shape index (κ3) is 3.85. The average Bonchev–Trinajstić information content (AvgIpc) is 2.85. The van der Waals surface area contributed by atoms with Crippen LogP contribution in [-0.4, -0.2) is 6.26 Å². The Kier molecular flexibility index (Phi) is 5.51. The van der Waals surface area contributed by atoms with Gasteiger partial charge in [0.05, 0.1) is 0 Å².